The predicted molar refractivity (Wildman–Crippen MR) is 101 cm³/mol. The first-order chi connectivity index (χ1) is 11.4. The minimum Gasteiger partial charge on any atom is -0.461 e. The van der Waals surface area contributed by atoms with E-state index in [2.05, 4.69) is 41.8 Å². The van der Waals surface area contributed by atoms with Crippen LogP contribution in [0.2, 0.25) is 0 Å². The van der Waals surface area contributed by atoms with Crippen LogP contribution in [0.5, 0.6) is 0 Å². The average Bonchev–Trinajstić information content (AvgIpc) is 3.18. The Balaban J connectivity index is 2.16. The number of hydrogen-bond acceptors (Lipinski definition) is 4. The van der Waals surface area contributed by atoms with Crippen molar-refractivity contribution in [1.82, 2.24) is 4.90 Å². The van der Waals surface area contributed by atoms with Gasteiger partial charge in [-0.25, -0.2) is 0 Å². The number of nitrogens with zero attached hydrogens (tertiary/aromatic N) is 1. The molecule has 0 aliphatic heterocycles. The van der Waals surface area contributed by atoms with Gasteiger partial charge in [0.05, 0.1) is 6.54 Å². The van der Waals surface area contributed by atoms with Crippen molar-refractivity contribution in [1.29, 1.82) is 0 Å². The zero-order valence-corrected chi connectivity index (χ0v) is 15.7. The first kappa shape index (κ1) is 18.7. The second-order valence-electron chi connectivity index (χ2n) is 6.38. The highest BCUT2D eigenvalue weighted by molar-refractivity contribution is 7.07. The minimum absolute atomic E-state index is 0.490. The molecule has 2 heterocycles. The van der Waals surface area contributed by atoms with Crippen LogP contribution in [0.3, 0.4) is 0 Å². The topological polar surface area (TPSA) is 36.6 Å². The van der Waals surface area contributed by atoms with Crippen LogP contribution in [0, 0.1) is 0 Å². The quantitative estimate of drug-likeness (QED) is 0.643. The van der Waals surface area contributed by atoms with Gasteiger partial charge in [-0.05, 0) is 72.5 Å². The van der Waals surface area contributed by atoms with Crippen LogP contribution in [0.4, 0.5) is 0 Å². The second-order valence-corrected chi connectivity index (χ2v) is 7.16. The first-order valence-electron chi connectivity index (χ1n) is 8.24. The van der Waals surface area contributed by atoms with Crippen molar-refractivity contribution in [2.24, 2.45) is 0 Å². The molecule has 0 unspecified atom stereocenters. The maximum absolute atomic E-state index is 10.9. The SMILES string of the molecule is C=C(C)C(O)(C(=C)C)c1ccc(CN(CCC)Cc2ccsc2)o1. The predicted octanol–water partition coefficient (Wildman–Crippen LogP) is 5.09. The smallest absolute Gasteiger partial charge is 0.163 e. The molecule has 2 rings (SSSR count). The van der Waals surface area contributed by atoms with Crippen LogP contribution in [-0.4, -0.2) is 16.6 Å². The molecule has 2 aromatic rings. The van der Waals surface area contributed by atoms with Crippen LogP contribution in [0.15, 0.2) is 57.7 Å². The Morgan fingerprint density at radius 3 is 2.46 bits per heavy atom. The molecular formula is C20H27NO2S. The molecule has 0 saturated carbocycles. The van der Waals surface area contributed by atoms with Crippen molar-refractivity contribution in [2.75, 3.05) is 6.54 Å². The normalized spacial score (nSPS) is 11.9. The summed E-state index contributed by atoms with van der Waals surface area (Å²) in [6.45, 7) is 16.2. The van der Waals surface area contributed by atoms with E-state index in [4.69, 9.17) is 4.42 Å². The Bertz CT molecular complexity index is 670. The van der Waals surface area contributed by atoms with Gasteiger partial charge in [0.1, 0.15) is 11.5 Å². The van der Waals surface area contributed by atoms with Gasteiger partial charge in [-0.3, -0.25) is 4.90 Å². The van der Waals surface area contributed by atoms with Crippen LogP contribution < -0.4 is 0 Å². The fourth-order valence-electron chi connectivity index (χ4n) is 2.83. The van der Waals surface area contributed by atoms with Gasteiger partial charge in [0, 0.05) is 6.54 Å². The lowest BCUT2D eigenvalue weighted by atomic mass is 9.87. The number of thiophene rings is 1. The highest BCUT2D eigenvalue weighted by Crippen LogP contribution is 2.36. The van der Waals surface area contributed by atoms with Crippen molar-refractivity contribution in [2.45, 2.75) is 45.9 Å². The summed E-state index contributed by atoms with van der Waals surface area (Å²) in [5.74, 6) is 1.33. The lowest BCUT2D eigenvalue weighted by Gasteiger charge is -2.27. The molecule has 24 heavy (non-hydrogen) atoms. The van der Waals surface area contributed by atoms with Crippen LogP contribution in [-0.2, 0) is 18.7 Å². The molecule has 4 heteroatoms. The number of aliphatic hydroxyl groups is 1. The van der Waals surface area contributed by atoms with Gasteiger partial charge >= 0.3 is 0 Å². The molecule has 0 bridgehead atoms. The molecule has 0 atom stereocenters. The molecule has 0 aromatic carbocycles. The third-order valence-corrected chi connectivity index (χ3v) is 4.89. The molecule has 0 fully saturated rings. The fourth-order valence-corrected chi connectivity index (χ4v) is 3.49. The van der Waals surface area contributed by atoms with Crippen molar-refractivity contribution >= 4 is 11.3 Å². The van der Waals surface area contributed by atoms with E-state index in [-0.39, 0.29) is 0 Å². The van der Waals surface area contributed by atoms with Gasteiger partial charge in [-0.1, -0.05) is 20.1 Å². The maximum atomic E-state index is 10.9. The van der Waals surface area contributed by atoms with Gasteiger partial charge in [0.25, 0.3) is 0 Å². The molecule has 130 valence electrons. The number of furan rings is 1. The zero-order valence-electron chi connectivity index (χ0n) is 14.8. The summed E-state index contributed by atoms with van der Waals surface area (Å²) < 4.78 is 5.96. The number of rotatable bonds is 9. The van der Waals surface area contributed by atoms with Crippen LogP contribution in [0.1, 0.15) is 44.3 Å². The lowest BCUT2D eigenvalue weighted by molar-refractivity contribution is 0.0878. The minimum atomic E-state index is -1.30. The zero-order chi connectivity index (χ0) is 17.7. The Morgan fingerprint density at radius 2 is 1.92 bits per heavy atom. The molecule has 0 radical (unpaired) electrons. The van der Waals surface area contributed by atoms with Crippen molar-refractivity contribution in [3.05, 3.63) is 70.3 Å². The molecule has 0 saturated heterocycles. The van der Waals surface area contributed by atoms with E-state index in [1.807, 2.05) is 12.1 Å². The third kappa shape index (κ3) is 4.07. The first-order valence-corrected chi connectivity index (χ1v) is 9.19. The molecule has 0 spiro atoms. The number of hydrogen-bond donors (Lipinski definition) is 1. The third-order valence-electron chi connectivity index (χ3n) is 4.16. The summed E-state index contributed by atoms with van der Waals surface area (Å²) in [6.07, 6.45) is 1.08. The molecule has 0 aliphatic rings. The van der Waals surface area contributed by atoms with E-state index in [0.717, 1.165) is 25.3 Å². The fraction of sp³-hybridized carbons (Fsp3) is 0.400. The Morgan fingerprint density at radius 1 is 1.21 bits per heavy atom. The van der Waals surface area contributed by atoms with Gasteiger partial charge in [0.2, 0.25) is 0 Å². The van der Waals surface area contributed by atoms with Gasteiger partial charge in [0.15, 0.2) is 5.60 Å². The summed E-state index contributed by atoms with van der Waals surface area (Å²) in [4.78, 5) is 2.35. The van der Waals surface area contributed by atoms with E-state index in [1.54, 1.807) is 25.2 Å². The Hall–Kier alpha value is -1.62. The molecule has 0 amide bonds. The van der Waals surface area contributed by atoms with Gasteiger partial charge in [-0.15, -0.1) is 0 Å². The van der Waals surface area contributed by atoms with E-state index in [1.165, 1.54) is 5.56 Å². The Labute approximate surface area is 148 Å². The largest absolute Gasteiger partial charge is 0.461 e. The summed E-state index contributed by atoms with van der Waals surface area (Å²) in [6, 6.07) is 5.91. The molecule has 0 aliphatic carbocycles. The van der Waals surface area contributed by atoms with E-state index in [0.29, 0.717) is 23.5 Å². The van der Waals surface area contributed by atoms with Crippen LogP contribution >= 0.6 is 11.3 Å². The highest BCUT2D eigenvalue weighted by atomic mass is 32.1. The van der Waals surface area contributed by atoms with Gasteiger partial charge in [-0.2, -0.15) is 11.3 Å². The van der Waals surface area contributed by atoms with Gasteiger partial charge < -0.3 is 9.52 Å². The molecule has 1 N–H and O–H groups in total. The van der Waals surface area contributed by atoms with Crippen molar-refractivity contribution < 1.29 is 9.52 Å². The van der Waals surface area contributed by atoms with E-state index >= 15 is 0 Å². The highest BCUT2D eigenvalue weighted by Gasteiger charge is 2.34. The standard InChI is InChI=1S/C20H27NO2S/c1-6-10-21(12-17-9-11-24-14-17)13-18-7-8-19(23-18)20(22,15(2)3)16(4)5/h7-9,11,14,22H,2,4,6,10,12-13H2,1,3,5H3. The summed E-state index contributed by atoms with van der Waals surface area (Å²) in [5, 5.41) is 15.2. The van der Waals surface area contributed by atoms with Crippen LogP contribution in [0.25, 0.3) is 0 Å². The lowest BCUT2D eigenvalue weighted by Crippen LogP contribution is -2.27. The summed E-state index contributed by atoms with van der Waals surface area (Å²) >= 11 is 1.72. The monoisotopic (exact) mass is 345 g/mol. The summed E-state index contributed by atoms with van der Waals surface area (Å²) in [7, 11) is 0. The molecule has 2 aromatic heterocycles. The maximum Gasteiger partial charge on any atom is 0.163 e. The second kappa shape index (κ2) is 7.97. The van der Waals surface area contributed by atoms with E-state index in [9.17, 15) is 5.11 Å². The summed E-state index contributed by atoms with van der Waals surface area (Å²) in [5.41, 5.74) is 1.24. The van der Waals surface area contributed by atoms with Crippen molar-refractivity contribution in [3.63, 3.8) is 0 Å². The van der Waals surface area contributed by atoms with Crippen molar-refractivity contribution in [3.8, 4) is 0 Å². The molecule has 3 nitrogen and oxygen atoms in total. The molecular weight excluding hydrogens is 318 g/mol. The average molecular weight is 346 g/mol. The van der Waals surface area contributed by atoms with E-state index < -0.39 is 5.60 Å². The Kier molecular flexibility index (Phi) is 6.21.